The molecule has 54 heavy (non-hydrogen) atoms. The number of primary amides is 1. The van der Waals surface area contributed by atoms with Gasteiger partial charge in [-0.2, -0.15) is 0 Å². The molecule has 0 radical (unpaired) electrons. The van der Waals surface area contributed by atoms with Gasteiger partial charge in [-0.3, -0.25) is 9.59 Å². The summed E-state index contributed by atoms with van der Waals surface area (Å²) >= 11 is 0. The Labute approximate surface area is 317 Å². The molecule has 1 saturated carbocycles. The number of ether oxygens (including phenoxy) is 1. The van der Waals surface area contributed by atoms with Crippen LogP contribution in [0.5, 0.6) is 0 Å². The molecule has 2 saturated heterocycles. The number of nitrogens with two attached hydrogens (primary N) is 1. The van der Waals surface area contributed by atoms with Crippen LogP contribution in [0.3, 0.4) is 0 Å². The van der Waals surface area contributed by atoms with E-state index >= 15 is 0 Å². The van der Waals surface area contributed by atoms with Crippen LogP contribution in [0.4, 0.5) is 4.79 Å². The van der Waals surface area contributed by atoms with Gasteiger partial charge in [0.15, 0.2) is 5.60 Å². The van der Waals surface area contributed by atoms with E-state index in [0.717, 1.165) is 110 Å². The highest BCUT2D eigenvalue weighted by Gasteiger charge is 2.42. The first-order valence-corrected chi connectivity index (χ1v) is 19.7. The van der Waals surface area contributed by atoms with Crippen LogP contribution in [0.25, 0.3) is 33.6 Å². The van der Waals surface area contributed by atoms with E-state index in [0.29, 0.717) is 24.3 Å². The molecule has 12 heteroatoms. The number of aromatic nitrogens is 4. The second kappa shape index (κ2) is 15.8. The first kappa shape index (κ1) is 37.3. The number of amides is 3. The lowest BCUT2D eigenvalue weighted by Crippen LogP contribution is -2.48. The average molecular weight is 735 g/mol. The van der Waals surface area contributed by atoms with Crippen molar-refractivity contribution in [3.8, 4) is 33.6 Å². The second-order valence-corrected chi connectivity index (χ2v) is 15.5. The molecule has 3 fully saturated rings. The minimum absolute atomic E-state index is 0.00474. The summed E-state index contributed by atoms with van der Waals surface area (Å²) in [5, 5.41) is 0. The Kier molecular flexibility index (Phi) is 10.9. The molecule has 4 N–H and O–H groups in total. The fourth-order valence-electron chi connectivity index (χ4n) is 8.90. The largest absolute Gasteiger partial charge is 0.434 e. The Balaban J connectivity index is 0.973. The molecule has 286 valence electrons. The molecular weight excluding hydrogens is 681 g/mol. The van der Waals surface area contributed by atoms with Crippen molar-refractivity contribution in [1.29, 1.82) is 0 Å². The summed E-state index contributed by atoms with van der Waals surface area (Å²) in [5.74, 6) is 1.71. The van der Waals surface area contributed by atoms with Gasteiger partial charge in [0.1, 0.15) is 11.6 Å². The number of likely N-dealkylation sites (tertiary alicyclic amines) is 2. The number of benzene rings is 2. The van der Waals surface area contributed by atoms with Gasteiger partial charge in [0.2, 0.25) is 5.91 Å². The van der Waals surface area contributed by atoms with Crippen molar-refractivity contribution in [2.45, 2.75) is 103 Å². The normalized spacial score (nSPS) is 21.9. The topological polar surface area (TPSA) is 154 Å². The maximum Gasteiger partial charge on any atom is 0.405 e. The van der Waals surface area contributed by atoms with E-state index < -0.39 is 11.7 Å². The summed E-state index contributed by atoms with van der Waals surface area (Å²) in [6.45, 7) is 11.1. The quantitative estimate of drug-likeness (QED) is 0.147. The highest BCUT2D eigenvalue weighted by atomic mass is 16.6. The minimum atomic E-state index is -1.36. The summed E-state index contributed by atoms with van der Waals surface area (Å²) in [6, 6.07) is 17.1. The lowest BCUT2D eigenvalue weighted by atomic mass is 9.84. The molecule has 1 aliphatic carbocycles. The molecule has 2 aliphatic heterocycles. The molecule has 0 bridgehead atoms. The minimum Gasteiger partial charge on any atom is -0.434 e. The van der Waals surface area contributed by atoms with Gasteiger partial charge < -0.3 is 35.1 Å². The monoisotopic (exact) mass is 734 g/mol. The van der Waals surface area contributed by atoms with Gasteiger partial charge in [0.25, 0.3) is 5.91 Å². The van der Waals surface area contributed by atoms with E-state index in [1.807, 2.05) is 6.20 Å². The van der Waals surface area contributed by atoms with Crippen LogP contribution < -0.4 is 5.73 Å². The number of hydrogen-bond donors (Lipinski definition) is 3. The highest BCUT2D eigenvalue weighted by molar-refractivity contribution is 5.87. The molecule has 3 aliphatic rings. The fraction of sp³-hybridized carbons (Fsp3) is 0.500. The molecule has 12 nitrogen and oxygen atoms in total. The number of imidazole rings is 2. The Morgan fingerprint density at radius 2 is 1.20 bits per heavy atom. The SMILES string of the molecule is CCN(CC)C1CCC(C(=O)N2CCCC2c2ncc(-c3ccc(-c4ccc(-c5cnc([C@@H]6CCCN6C(=O)C(C)(C)OC(N)=O)[nH]5)cc4)cc3)[nH]2)CC1. The summed E-state index contributed by atoms with van der Waals surface area (Å²) in [4.78, 5) is 61.1. The zero-order valence-electron chi connectivity index (χ0n) is 32.0. The van der Waals surface area contributed by atoms with Gasteiger partial charge in [-0.25, -0.2) is 14.8 Å². The molecular formula is C42H54N8O4. The Bertz CT molecular complexity index is 1920. The standard InChI is InChI=1S/C42H54N8O4/c1-5-48(6-2)32-21-19-31(20-22-32)39(51)49-23-7-9-35(49)37-44-25-33(46-37)29-15-11-27(12-16-29)28-13-17-30(18-14-28)34-26-45-38(47-34)36-10-8-24-50(36)40(52)42(3,4)54-41(43)53/h11-18,25-26,31-32,35-36H,5-10,19-24H2,1-4H3,(H2,43,53)(H,44,46)(H,45,47)/t31?,32?,35?,36-/m0/s1. The molecule has 2 atom stereocenters. The zero-order chi connectivity index (χ0) is 38.0. The summed E-state index contributed by atoms with van der Waals surface area (Å²) in [6.07, 6.45) is 10.4. The van der Waals surface area contributed by atoms with Crippen molar-refractivity contribution in [2.24, 2.45) is 11.7 Å². The third kappa shape index (κ3) is 7.66. The molecule has 2 aromatic carbocycles. The molecule has 0 spiro atoms. The first-order valence-electron chi connectivity index (χ1n) is 19.7. The van der Waals surface area contributed by atoms with Crippen LogP contribution in [0.1, 0.15) is 103 Å². The van der Waals surface area contributed by atoms with Gasteiger partial charge in [-0.15, -0.1) is 0 Å². The maximum absolute atomic E-state index is 13.7. The Morgan fingerprint density at radius 1 is 0.741 bits per heavy atom. The molecule has 4 heterocycles. The van der Waals surface area contributed by atoms with E-state index in [1.54, 1.807) is 24.9 Å². The van der Waals surface area contributed by atoms with Gasteiger partial charge in [0.05, 0.1) is 35.9 Å². The van der Waals surface area contributed by atoms with Crippen LogP contribution >= 0.6 is 0 Å². The number of H-pyrrole nitrogens is 2. The number of nitrogens with one attached hydrogen (secondary N) is 2. The summed E-state index contributed by atoms with van der Waals surface area (Å²) < 4.78 is 5.11. The van der Waals surface area contributed by atoms with Crippen molar-refractivity contribution in [3.05, 3.63) is 72.6 Å². The lowest BCUT2D eigenvalue weighted by Gasteiger charge is -2.37. The van der Waals surface area contributed by atoms with E-state index in [1.165, 1.54) is 0 Å². The van der Waals surface area contributed by atoms with E-state index in [4.69, 9.17) is 15.5 Å². The van der Waals surface area contributed by atoms with Crippen LogP contribution in [0.2, 0.25) is 0 Å². The average Bonchev–Trinajstić information content (AvgIpc) is 4.02. The van der Waals surface area contributed by atoms with Crippen molar-refractivity contribution < 1.29 is 19.1 Å². The maximum atomic E-state index is 13.7. The Hall–Kier alpha value is -4.97. The number of nitrogens with zero attached hydrogens (tertiary/aromatic N) is 5. The predicted octanol–water partition coefficient (Wildman–Crippen LogP) is 7.24. The number of carbonyl (C=O) groups excluding carboxylic acids is 3. The van der Waals surface area contributed by atoms with Crippen molar-refractivity contribution in [2.75, 3.05) is 26.2 Å². The smallest absolute Gasteiger partial charge is 0.405 e. The highest BCUT2D eigenvalue weighted by Crippen LogP contribution is 2.37. The van der Waals surface area contributed by atoms with E-state index in [2.05, 4.69) is 87.1 Å². The number of carbonyl (C=O) groups is 3. The van der Waals surface area contributed by atoms with Crippen LogP contribution in [-0.4, -0.2) is 90.4 Å². The molecule has 4 aromatic rings. The second-order valence-electron chi connectivity index (χ2n) is 15.5. The van der Waals surface area contributed by atoms with Gasteiger partial charge in [0, 0.05) is 25.0 Å². The molecule has 7 rings (SSSR count). The summed E-state index contributed by atoms with van der Waals surface area (Å²) in [5.41, 5.74) is 9.88. The molecule has 2 aromatic heterocycles. The molecule has 1 unspecified atom stereocenters. The fourth-order valence-corrected chi connectivity index (χ4v) is 8.90. The Morgan fingerprint density at radius 3 is 1.69 bits per heavy atom. The number of rotatable bonds is 11. The van der Waals surface area contributed by atoms with Crippen molar-refractivity contribution >= 4 is 17.9 Å². The summed E-state index contributed by atoms with van der Waals surface area (Å²) in [7, 11) is 0. The van der Waals surface area contributed by atoms with E-state index in [9.17, 15) is 14.4 Å². The van der Waals surface area contributed by atoms with Crippen molar-refractivity contribution in [3.63, 3.8) is 0 Å². The zero-order valence-corrected chi connectivity index (χ0v) is 32.0. The third-order valence-corrected chi connectivity index (χ3v) is 11.8. The predicted molar refractivity (Wildman–Crippen MR) is 208 cm³/mol. The third-order valence-electron chi connectivity index (χ3n) is 11.8. The van der Waals surface area contributed by atoms with E-state index in [-0.39, 0.29) is 23.9 Å². The lowest BCUT2D eigenvalue weighted by molar-refractivity contribution is -0.149. The first-order chi connectivity index (χ1) is 26.1. The number of aromatic amines is 2. The van der Waals surface area contributed by atoms with Crippen LogP contribution in [0, 0.1) is 5.92 Å². The van der Waals surface area contributed by atoms with Gasteiger partial charge >= 0.3 is 6.09 Å². The van der Waals surface area contributed by atoms with Crippen LogP contribution in [-0.2, 0) is 14.3 Å². The van der Waals surface area contributed by atoms with Crippen LogP contribution in [0.15, 0.2) is 60.9 Å². The number of hydrogen-bond acceptors (Lipinski definition) is 7. The van der Waals surface area contributed by atoms with Gasteiger partial charge in [-0.05, 0) is 101 Å². The van der Waals surface area contributed by atoms with Gasteiger partial charge in [-0.1, -0.05) is 62.4 Å². The van der Waals surface area contributed by atoms with Crippen molar-refractivity contribution in [1.82, 2.24) is 34.6 Å². The molecule has 3 amide bonds.